The minimum absolute atomic E-state index is 0.109. The molecule has 0 radical (unpaired) electrons. The van der Waals surface area contributed by atoms with E-state index in [4.69, 9.17) is 0 Å². The Bertz CT molecular complexity index is 685. The molecule has 3 rings (SSSR count). The van der Waals surface area contributed by atoms with Crippen LogP contribution in [0.5, 0.6) is 0 Å². The first-order valence-electron chi connectivity index (χ1n) is 7.28. The summed E-state index contributed by atoms with van der Waals surface area (Å²) in [5.74, 6) is 0.878. The first-order valence-corrected chi connectivity index (χ1v) is 7.28. The molecular weight excluding hydrogens is 264 g/mol. The maximum Gasteiger partial charge on any atom is 0.226 e. The molecule has 1 atom stereocenters. The lowest BCUT2D eigenvalue weighted by Gasteiger charge is -2.23. The highest BCUT2D eigenvalue weighted by atomic mass is 16.2. The van der Waals surface area contributed by atoms with E-state index in [9.17, 15) is 4.79 Å². The quantitative estimate of drug-likeness (QED) is 0.846. The zero-order valence-corrected chi connectivity index (χ0v) is 12.7. The normalized spacial score (nSPS) is 18.2. The molecule has 1 aliphatic heterocycles. The lowest BCUT2D eigenvalue weighted by Crippen LogP contribution is -2.37. The van der Waals surface area contributed by atoms with E-state index in [1.807, 2.05) is 43.1 Å². The topological polar surface area (TPSA) is 49.3 Å². The molecule has 1 fully saturated rings. The molecule has 2 aromatic rings. The highest BCUT2D eigenvalue weighted by Gasteiger charge is 2.28. The van der Waals surface area contributed by atoms with Crippen LogP contribution in [0.1, 0.15) is 19.0 Å². The Morgan fingerprint density at radius 3 is 2.86 bits per heavy atom. The summed E-state index contributed by atoms with van der Waals surface area (Å²) in [7, 11) is 1.86. The van der Waals surface area contributed by atoms with Crippen LogP contribution in [0.2, 0.25) is 0 Å². The number of aromatic nitrogens is 2. The Morgan fingerprint density at radius 1 is 1.33 bits per heavy atom. The first-order chi connectivity index (χ1) is 10.1. The van der Waals surface area contributed by atoms with E-state index in [1.165, 1.54) is 0 Å². The molecule has 0 spiro atoms. The lowest BCUT2D eigenvalue weighted by molar-refractivity contribution is -0.129. The lowest BCUT2D eigenvalue weighted by atomic mass is 10.2. The van der Waals surface area contributed by atoms with Gasteiger partial charge in [0.15, 0.2) is 0 Å². The summed E-state index contributed by atoms with van der Waals surface area (Å²) in [6, 6.07) is 8.31. The van der Waals surface area contributed by atoms with Gasteiger partial charge >= 0.3 is 0 Å². The Kier molecular flexibility index (Phi) is 3.49. The molecule has 5 heteroatoms. The average Bonchev–Trinajstić information content (AvgIpc) is 2.96. The van der Waals surface area contributed by atoms with Crippen LogP contribution in [0.4, 0.5) is 5.95 Å². The number of benzene rings is 1. The van der Waals surface area contributed by atoms with Crippen molar-refractivity contribution in [1.82, 2.24) is 14.9 Å². The predicted molar refractivity (Wildman–Crippen MR) is 83.3 cm³/mol. The number of anilines is 1. The summed E-state index contributed by atoms with van der Waals surface area (Å²) in [5.41, 5.74) is 1.97. The molecule has 110 valence electrons. The molecule has 1 saturated heterocycles. The van der Waals surface area contributed by atoms with Gasteiger partial charge in [-0.05, 0) is 19.4 Å². The molecule has 0 unspecified atom stereocenters. The molecule has 0 bridgehead atoms. The van der Waals surface area contributed by atoms with Crippen LogP contribution in [0.15, 0.2) is 24.3 Å². The van der Waals surface area contributed by atoms with Crippen molar-refractivity contribution in [3.63, 3.8) is 0 Å². The van der Waals surface area contributed by atoms with Crippen molar-refractivity contribution in [1.29, 1.82) is 0 Å². The van der Waals surface area contributed by atoms with Crippen molar-refractivity contribution < 1.29 is 4.79 Å². The van der Waals surface area contributed by atoms with Gasteiger partial charge < -0.3 is 9.80 Å². The molecule has 0 aliphatic carbocycles. The zero-order chi connectivity index (χ0) is 15.0. The maximum atomic E-state index is 11.5. The third-order valence-electron chi connectivity index (χ3n) is 4.27. The third kappa shape index (κ3) is 2.55. The molecular formula is C16H20N4O. The summed E-state index contributed by atoms with van der Waals surface area (Å²) < 4.78 is 0. The van der Waals surface area contributed by atoms with E-state index in [0.717, 1.165) is 42.1 Å². The monoisotopic (exact) mass is 284 g/mol. The van der Waals surface area contributed by atoms with Gasteiger partial charge in [0.2, 0.25) is 11.9 Å². The van der Waals surface area contributed by atoms with E-state index in [1.54, 1.807) is 6.92 Å². The van der Waals surface area contributed by atoms with Crippen LogP contribution >= 0.6 is 0 Å². The SMILES string of the molecule is CC(=O)N(C)[C@@H]1CCN(c2nc(C)c3ccccc3n2)C1. The Labute approximate surface area is 124 Å². The molecule has 1 aromatic heterocycles. The highest BCUT2D eigenvalue weighted by molar-refractivity contribution is 5.81. The summed E-state index contributed by atoms with van der Waals surface area (Å²) >= 11 is 0. The van der Waals surface area contributed by atoms with Crippen LogP contribution in [-0.4, -0.2) is 47.0 Å². The highest BCUT2D eigenvalue weighted by Crippen LogP contribution is 2.23. The van der Waals surface area contributed by atoms with Gasteiger partial charge in [-0.25, -0.2) is 9.97 Å². The molecule has 1 aliphatic rings. The minimum atomic E-state index is 0.109. The van der Waals surface area contributed by atoms with Gasteiger partial charge in [0, 0.05) is 32.4 Å². The van der Waals surface area contributed by atoms with Gasteiger partial charge in [0.05, 0.1) is 17.3 Å². The summed E-state index contributed by atoms with van der Waals surface area (Å²) in [6.45, 7) is 5.32. The number of aryl methyl sites for hydroxylation is 1. The second kappa shape index (κ2) is 5.31. The fourth-order valence-electron chi connectivity index (χ4n) is 2.86. The predicted octanol–water partition coefficient (Wildman–Crippen LogP) is 2.00. The second-order valence-electron chi connectivity index (χ2n) is 5.64. The van der Waals surface area contributed by atoms with E-state index >= 15 is 0 Å². The molecule has 1 aromatic carbocycles. The largest absolute Gasteiger partial charge is 0.341 e. The number of amides is 1. The van der Waals surface area contributed by atoms with Gasteiger partial charge in [-0.2, -0.15) is 0 Å². The van der Waals surface area contributed by atoms with Crippen molar-refractivity contribution in [3.05, 3.63) is 30.0 Å². The number of fused-ring (bicyclic) bond motifs is 1. The van der Waals surface area contributed by atoms with Crippen molar-refractivity contribution in [2.75, 3.05) is 25.0 Å². The van der Waals surface area contributed by atoms with Crippen LogP contribution in [0.25, 0.3) is 10.9 Å². The standard InChI is InChI=1S/C16H20N4O/c1-11-14-6-4-5-7-15(14)18-16(17-11)20-9-8-13(10-20)19(3)12(2)21/h4-7,13H,8-10H2,1-3H3/t13-/m1/s1. The number of hydrogen-bond donors (Lipinski definition) is 0. The maximum absolute atomic E-state index is 11.5. The molecule has 0 saturated carbocycles. The van der Waals surface area contributed by atoms with Gasteiger partial charge in [0.1, 0.15) is 0 Å². The summed E-state index contributed by atoms with van der Waals surface area (Å²) in [6.07, 6.45) is 0.964. The van der Waals surface area contributed by atoms with E-state index < -0.39 is 0 Å². The van der Waals surface area contributed by atoms with Gasteiger partial charge in [0.25, 0.3) is 0 Å². The molecule has 1 amide bonds. The van der Waals surface area contributed by atoms with Crippen LogP contribution in [0.3, 0.4) is 0 Å². The third-order valence-corrected chi connectivity index (χ3v) is 4.27. The number of carbonyl (C=O) groups excluding carboxylic acids is 1. The van der Waals surface area contributed by atoms with Crippen molar-refractivity contribution in [2.24, 2.45) is 0 Å². The smallest absolute Gasteiger partial charge is 0.226 e. The summed E-state index contributed by atoms with van der Waals surface area (Å²) in [4.78, 5) is 24.8. The Morgan fingerprint density at radius 2 is 2.10 bits per heavy atom. The fourth-order valence-corrected chi connectivity index (χ4v) is 2.86. The first kappa shape index (κ1) is 13.8. The van der Waals surface area contributed by atoms with Crippen molar-refractivity contribution in [2.45, 2.75) is 26.3 Å². The number of nitrogens with zero attached hydrogens (tertiary/aromatic N) is 4. The Hall–Kier alpha value is -2.17. The van der Waals surface area contributed by atoms with E-state index in [0.29, 0.717) is 0 Å². The zero-order valence-electron chi connectivity index (χ0n) is 12.7. The van der Waals surface area contributed by atoms with Gasteiger partial charge in [-0.15, -0.1) is 0 Å². The number of carbonyl (C=O) groups is 1. The van der Waals surface area contributed by atoms with Crippen LogP contribution in [-0.2, 0) is 4.79 Å². The second-order valence-corrected chi connectivity index (χ2v) is 5.64. The molecule has 21 heavy (non-hydrogen) atoms. The number of likely N-dealkylation sites (N-methyl/N-ethyl adjacent to an activating group) is 1. The van der Waals surface area contributed by atoms with Crippen LogP contribution in [0, 0.1) is 6.92 Å². The fraction of sp³-hybridized carbons (Fsp3) is 0.438. The average molecular weight is 284 g/mol. The number of hydrogen-bond acceptors (Lipinski definition) is 4. The van der Waals surface area contributed by atoms with Crippen molar-refractivity contribution in [3.8, 4) is 0 Å². The summed E-state index contributed by atoms with van der Waals surface area (Å²) in [5, 5.41) is 1.10. The van der Waals surface area contributed by atoms with Gasteiger partial charge in [-0.1, -0.05) is 18.2 Å². The van der Waals surface area contributed by atoms with Gasteiger partial charge in [-0.3, -0.25) is 4.79 Å². The minimum Gasteiger partial charge on any atom is -0.341 e. The molecule has 0 N–H and O–H groups in total. The van der Waals surface area contributed by atoms with E-state index in [-0.39, 0.29) is 11.9 Å². The van der Waals surface area contributed by atoms with Crippen LogP contribution < -0.4 is 4.90 Å². The number of rotatable bonds is 2. The molecule has 2 heterocycles. The van der Waals surface area contributed by atoms with Crippen molar-refractivity contribution >= 4 is 22.8 Å². The number of para-hydroxylation sites is 1. The Balaban J connectivity index is 1.87. The van der Waals surface area contributed by atoms with E-state index in [2.05, 4.69) is 14.9 Å². The molecule has 5 nitrogen and oxygen atoms in total.